The lowest BCUT2D eigenvalue weighted by Gasteiger charge is -2.29. The second-order valence-electron chi connectivity index (χ2n) is 8.16. The van der Waals surface area contributed by atoms with E-state index in [9.17, 15) is 0 Å². The summed E-state index contributed by atoms with van der Waals surface area (Å²) in [5, 5.41) is 0. The van der Waals surface area contributed by atoms with Crippen molar-refractivity contribution in [3.8, 4) is 0 Å². The number of ether oxygens (including phenoxy) is 1. The van der Waals surface area contributed by atoms with Crippen LogP contribution in [0.25, 0.3) is 0 Å². The first-order chi connectivity index (χ1) is 10.9. The van der Waals surface area contributed by atoms with Gasteiger partial charge in [0.1, 0.15) is 0 Å². The van der Waals surface area contributed by atoms with Crippen LogP contribution in [0.3, 0.4) is 0 Å². The molecule has 144 valence electrons. The predicted molar refractivity (Wildman–Crippen MR) is 109 cm³/mol. The number of aliphatic imine (C=N–C) groups is 1. The van der Waals surface area contributed by atoms with Gasteiger partial charge in [0.25, 0.3) is 0 Å². The van der Waals surface area contributed by atoms with E-state index in [1.54, 1.807) is 7.11 Å². The molecule has 0 aromatic rings. The molecule has 0 atom stereocenters. The molecule has 0 rings (SSSR count). The number of likely N-dealkylation sites (N-methyl/N-ethyl adjacent to an activating group) is 1. The van der Waals surface area contributed by atoms with Crippen molar-refractivity contribution in [3.63, 3.8) is 0 Å². The van der Waals surface area contributed by atoms with Crippen molar-refractivity contribution in [1.29, 1.82) is 0 Å². The molecular weight excluding hydrogens is 298 g/mol. The smallest absolute Gasteiger partial charge is 0.334 e. The summed E-state index contributed by atoms with van der Waals surface area (Å²) in [5.41, 5.74) is 0.0781. The van der Waals surface area contributed by atoms with Crippen LogP contribution in [-0.2, 0) is 4.74 Å². The van der Waals surface area contributed by atoms with Crippen LogP contribution in [0.2, 0.25) is 0 Å². The van der Waals surface area contributed by atoms with Crippen molar-refractivity contribution in [2.24, 2.45) is 10.4 Å². The Balaban J connectivity index is 0. The largest absolute Gasteiger partial charge is 0.475 e. The number of hydrogen-bond acceptors (Lipinski definition) is 2. The first kappa shape index (κ1) is 25.2. The third-order valence-electron chi connectivity index (χ3n) is 3.38. The number of amidine groups is 1. The fourth-order valence-corrected chi connectivity index (χ4v) is 3.00. The highest BCUT2D eigenvalue weighted by molar-refractivity contribution is 6.35. The lowest BCUT2D eigenvalue weighted by molar-refractivity contribution is -0.468. The average Bonchev–Trinajstić information content (AvgIpc) is 2.43. The van der Waals surface area contributed by atoms with Gasteiger partial charge in [-0.05, 0) is 32.1 Å². The minimum Gasteiger partial charge on any atom is -0.475 e. The number of methoxy groups -OCH3 is 1. The summed E-state index contributed by atoms with van der Waals surface area (Å²) in [7, 11) is 7.91. The van der Waals surface area contributed by atoms with Gasteiger partial charge in [-0.3, -0.25) is 9.48 Å². The van der Waals surface area contributed by atoms with Crippen molar-refractivity contribution in [1.82, 2.24) is 4.90 Å². The van der Waals surface area contributed by atoms with Crippen LogP contribution in [0.4, 0.5) is 0 Å². The van der Waals surface area contributed by atoms with Gasteiger partial charge in [0.15, 0.2) is 0 Å². The molecule has 0 amide bonds. The van der Waals surface area contributed by atoms with Crippen molar-refractivity contribution < 1.29 is 9.31 Å². The topological polar surface area (TPSA) is 27.8 Å². The average molecular weight is 343 g/mol. The summed E-state index contributed by atoms with van der Waals surface area (Å²) in [6, 6.07) is 0. The highest BCUT2D eigenvalue weighted by Gasteiger charge is 2.30. The van der Waals surface area contributed by atoms with Crippen molar-refractivity contribution in [3.05, 3.63) is 0 Å². The number of rotatable bonds is 5. The first-order valence-corrected chi connectivity index (χ1v) is 9.33. The molecule has 0 aromatic carbocycles. The highest BCUT2D eigenvalue weighted by atomic mass is 16.5. The van der Waals surface area contributed by atoms with E-state index < -0.39 is 0 Å². The molecule has 0 aliphatic rings. The SMILES string of the molecule is CC.CCCCN(C)C(C(=NC(C)(C)CC(C)(C)C)OC)=[N+](C)C. The van der Waals surface area contributed by atoms with Gasteiger partial charge < -0.3 is 4.74 Å². The Kier molecular flexibility index (Phi) is 12.1. The second-order valence-corrected chi connectivity index (χ2v) is 8.16. The monoisotopic (exact) mass is 342 g/mol. The van der Waals surface area contributed by atoms with Crippen LogP contribution in [-0.4, -0.2) is 61.5 Å². The molecular formula is C20H44N3O+. The first-order valence-electron chi connectivity index (χ1n) is 9.33. The fraction of sp³-hybridized carbons (Fsp3) is 0.900. The third kappa shape index (κ3) is 10.7. The van der Waals surface area contributed by atoms with E-state index in [1.807, 2.05) is 27.9 Å². The molecule has 0 unspecified atom stereocenters. The Morgan fingerprint density at radius 2 is 1.58 bits per heavy atom. The lowest BCUT2D eigenvalue weighted by atomic mass is 9.82. The predicted octanol–water partition coefficient (Wildman–Crippen LogP) is 4.67. The van der Waals surface area contributed by atoms with Crippen molar-refractivity contribution in [2.45, 2.75) is 80.2 Å². The molecule has 0 aliphatic heterocycles. The van der Waals surface area contributed by atoms with Crippen LogP contribution in [0, 0.1) is 5.41 Å². The van der Waals surface area contributed by atoms with Gasteiger partial charge in [0, 0.05) is 0 Å². The van der Waals surface area contributed by atoms with Crippen LogP contribution in [0.5, 0.6) is 0 Å². The number of unbranched alkanes of at least 4 members (excludes halogenated alkanes) is 1. The second kappa shape index (κ2) is 11.5. The van der Waals surface area contributed by atoms with Crippen molar-refractivity contribution in [2.75, 3.05) is 34.8 Å². The summed E-state index contributed by atoms with van der Waals surface area (Å²) in [5.74, 6) is 1.76. The van der Waals surface area contributed by atoms with Crippen LogP contribution in [0.1, 0.15) is 74.7 Å². The molecule has 0 heterocycles. The molecule has 24 heavy (non-hydrogen) atoms. The van der Waals surface area contributed by atoms with Gasteiger partial charge in [0.05, 0.1) is 40.3 Å². The molecule has 0 radical (unpaired) electrons. The van der Waals surface area contributed by atoms with Gasteiger partial charge in [-0.15, -0.1) is 0 Å². The number of hydrogen-bond donors (Lipinski definition) is 0. The Labute approximate surface area is 152 Å². The quantitative estimate of drug-likeness (QED) is 0.412. The summed E-state index contributed by atoms with van der Waals surface area (Å²) in [6.07, 6.45) is 3.35. The zero-order valence-corrected chi connectivity index (χ0v) is 18.6. The Morgan fingerprint density at radius 3 is 1.92 bits per heavy atom. The molecule has 0 saturated heterocycles. The molecule has 4 nitrogen and oxygen atoms in total. The van der Waals surface area contributed by atoms with Gasteiger partial charge in [-0.25, -0.2) is 4.99 Å². The summed E-state index contributed by atoms with van der Waals surface area (Å²) >= 11 is 0. The standard InChI is InChI=1S/C18H38N3O.C2H6/c1-11-12-13-21(9)16(20(7)8)15(22-10)19-18(5,6)14-17(2,3)4;1-2/h11-14H2,1-10H3;1-2H3/q+1;. The maximum absolute atomic E-state index is 5.65. The summed E-state index contributed by atoms with van der Waals surface area (Å²) < 4.78 is 7.74. The van der Waals surface area contributed by atoms with E-state index in [0.29, 0.717) is 0 Å². The van der Waals surface area contributed by atoms with Crippen LogP contribution in [0.15, 0.2) is 4.99 Å². The van der Waals surface area contributed by atoms with Gasteiger partial charge in [0.2, 0.25) is 0 Å². The van der Waals surface area contributed by atoms with E-state index in [1.165, 1.54) is 6.42 Å². The summed E-state index contributed by atoms with van der Waals surface area (Å²) in [6.45, 7) is 18.3. The molecule has 0 aliphatic carbocycles. The zero-order valence-electron chi connectivity index (χ0n) is 18.6. The van der Waals surface area contributed by atoms with E-state index in [0.717, 1.165) is 31.1 Å². The van der Waals surface area contributed by atoms with Crippen molar-refractivity contribution >= 4 is 11.7 Å². The molecule has 0 fully saturated rings. The normalized spacial score (nSPS) is 12.2. The third-order valence-corrected chi connectivity index (χ3v) is 3.38. The zero-order chi connectivity index (χ0) is 19.6. The molecule has 0 aromatic heterocycles. The van der Waals surface area contributed by atoms with Gasteiger partial charge in [-0.1, -0.05) is 48.0 Å². The maximum Gasteiger partial charge on any atom is 0.334 e. The molecule has 0 saturated carbocycles. The van der Waals surface area contributed by atoms with E-state index in [2.05, 4.69) is 58.1 Å². The van der Waals surface area contributed by atoms with E-state index in [4.69, 9.17) is 9.73 Å². The summed E-state index contributed by atoms with van der Waals surface area (Å²) in [4.78, 5) is 7.17. The Bertz CT molecular complexity index is 400. The maximum atomic E-state index is 5.65. The van der Waals surface area contributed by atoms with Gasteiger partial charge >= 0.3 is 11.7 Å². The lowest BCUT2D eigenvalue weighted by Crippen LogP contribution is -2.42. The molecule has 4 heteroatoms. The molecule has 0 N–H and O–H groups in total. The minimum atomic E-state index is -0.156. The fourth-order valence-electron chi connectivity index (χ4n) is 3.00. The molecule has 0 spiro atoms. The number of nitrogens with zero attached hydrogens (tertiary/aromatic N) is 3. The van der Waals surface area contributed by atoms with E-state index >= 15 is 0 Å². The van der Waals surface area contributed by atoms with Crippen LogP contribution >= 0.6 is 0 Å². The van der Waals surface area contributed by atoms with E-state index in [-0.39, 0.29) is 11.0 Å². The minimum absolute atomic E-state index is 0.156. The highest BCUT2D eigenvalue weighted by Crippen LogP contribution is 2.29. The van der Waals surface area contributed by atoms with Gasteiger partial charge in [-0.2, -0.15) is 0 Å². The Morgan fingerprint density at radius 1 is 1.08 bits per heavy atom. The molecule has 0 bridgehead atoms. The van der Waals surface area contributed by atoms with Crippen LogP contribution < -0.4 is 0 Å². The Hall–Kier alpha value is -1.06.